The number of rotatable bonds is 6. The van der Waals surface area contributed by atoms with Crippen LogP contribution in [0, 0.1) is 13.8 Å². The summed E-state index contributed by atoms with van der Waals surface area (Å²) in [6.45, 7) is 5.20. The second-order valence-corrected chi connectivity index (χ2v) is 7.36. The Morgan fingerprint density at radius 1 is 1.10 bits per heavy atom. The zero-order valence-corrected chi connectivity index (χ0v) is 17.1. The maximum atomic E-state index is 12.4. The van der Waals surface area contributed by atoms with E-state index in [4.69, 9.17) is 11.6 Å². The fourth-order valence-electron chi connectivity index (χ4n) is 3.37. The highest BCUT2D eigenvalue weighted by Crippen LogP contribution is 2.22. The number of benzene rings is 2. The first-order chi connectivity index (χ1) is 14.0. The third-order valence-corrected chi connectivity index (χ3v) is 5.51. The van der Waals surface area contributed by atoms with Crippen LogP contribution >= 0.6 is 11.6 Å². The summed E-state index contributed by atoms with van der Waals surface area (Å²) in [6.07, 6.45) is 2.67. The zero-order chi connectivity index (χ0) is 20.4. The Kier molecular flexibility index (Phi) is 5.36. The lowest BCUT2D eigenvalue weighted by Crippen LogP contribution is -2.25. The van der Waals surface area contributed by atoms with E-state index >= 15 is 0 Å². The van der Waals surface area contributed by atoms with Crippen molar-refractivity contribution in [3.05, 3.63) is 76.8 Å². The van der Waals surface area contributed by atoms with Gasteiger partial charge in [0.15, 0.2) is 0 Å². The molecule has 2 heterocycles. The lowest BCUT2D eigenvalue weighted by Gasteiger charge is -2.08. The SMILES string of the molecule is Cc1nn(-c2ccc(C(=O)NCCCn3cnc4ccccc43)cc2)c(C)c1Cl. The highest BCUT2D eigenvalue weighted by atomic mass is 35.5. The lowest BCUT2D eigenvalue weighted by atomic mass is 10.2. The molecule has 0 spiro atoms. The molecule has 0 aliphatic carbocycles. The summed E-state index contributed by atoms with van der Waals surface area (Å²) in [6, 6.07) is 15.4. The first kappa shape index (κ1) is 19.2. The number of nitrogens with one attached hydrogen (secondary N) is 1. The van der Waals surface area contributed by atoms with Crippen molar-refractivity contribution in [1.82, 2.24) is 24.6 Å². The summed E-state index contributed by atoms with van der Waals surface area (Å²) in [5.41, 5.74) is 5.26. The van der Waals surface area contributed by atoms with E-state index in [1.165, 1.54) is 0 Å². The topological polar surface area (TPSA) is 64.7 Å². The Morgan fingerprint density at radius 3 is 2.59 bits per heavy atom. The van der Waals surface area contributed by atoms with E-state index in [1.807, 2.05) is 50.5 Å². The lowest BCUT2D eigenvalue weighted by molar-refractivity contribution is 0.0953. The summed E-state index contributed by atoms with van der Waals surface area (Å²) in [5, 5.41) is 8.08. The van der Waals surface area contributed by atoms with Crippen LogP contribution < -0.4 is 5.32 Å². The van der Waals surface area contributed by atoms with Crippen LogP contribution in [0.2, 0.25) is 5.02 Å². The number of amides is 1. The number of hydrogen-bond acceptors (Lipinski definition) is 3. The number of aryl methyl sites for hydroxylation is 2. The molecule has 0 saturated carbocycles. The van der Waals surface area contributed by atoms with E-state index in [2.05, 4.69) is 26.0 Å². The molecule has 4 rings (SSSR count). The number of imidazole rings is 1. The van der Waals surface area contributed by atoms with Gasteiger partial charge in [-0.2, -0.15) is 5.10 Å². The van der Waals surface area contributed by atoms with Crippen LogP contribution in [-0.2, 0) is 6.54 Å². The molecule has 2 aromatic heterocycles. The van der Waals surface area contributed by atoms with Gasteiger partial charge >= 0.3 is 0 Å². The maximum absolute atomic E-state index is 12.4. The Morgan fingerprint density at radius 2 is 1.86 bits per heavy atom. The number of nitrogens with zero attached hydrogens (tertiary/aromatic N) is 4. The molecule has 0 aliphatic rings. The first-order valence-corrected chi connectivity index (χ1v) is 9.92. The predicted molar refractivity (Wildman–Crippen MR) is 115 cm³/mol. The minimum absolute atomic E-state index is 0.0848. The van der Waals surface area contributed by atoms with Crippen molar-refractivity contribution >= 4 is 28.5 Å². The minimum atomic E-state index is -0.0848. The third-order valence-electron chi connectivity index (χ3n) is 4.97. The van der Waals surface area contributed by atoms with Gasteiger partial charge in [-0.05, 0) is 56.7 Å². The van der Waals surface area contributed by atoms with Gasteiger partial charge in [0.2, 0.25) is 0 Å². The van der Waals surface area contributed by atoms with Crippen molar-refractivity contribution in [2.24, 2.45) is 0 Å². The Balaban J connectivity index is 1.33. The highest BCUT2D eigenvalue weighted by molar-refractivity contribution is 6.31. The molecule has 1 N–H and O–H groups in total. The number of carbonyl (C=O) groups is 1. The fraction of sp³-hybridized carbons (Fsp3) is 0.227. The van der Waals surface area contributed by atoms with E-state index in [1.54, 1.807) is 16.8 Å². The number of carbonyl (C=O) groups excluding carboxylic acids is 1. The highest BCUT2D eigenvalue weighted by Gasteiger charge is 2.11. The average Bonchev–Trinajstić information content (AvgIpc) is 3.27. The standard InChI is InChI=1S/C22H22ClN5O/c1-15-21(23)16(2)28(26-15)18-10-8-17(9-11-18)22(29)24-12-5-13-27-14-25-19-6-3-4-7-20(19)27/h3-4,6-11,14H,5,12-13H2,1-2H3,(H,24,29). The molecule has 7 heteroatoms. The van der Waals surface area contributed by atoms with Crippen LogP contribution in [0.4, 0.5) is 0 Å². The molecule has 0 atom stereocenters. The van der Waals surface area contributed by atoms with Crippen LogP contribution in [0.15, 0.2) is 54.9 Å². The molecule has 29 heavy (non-hydrogen) atoms. The van der Waals surface area contributed by atoms with Crippen LogP contribution in [0.1, 0.15) is 28.2 Å². The van der Waals surface area contributed by atoms with Crippen molar-refractivity contribution in [2.75, 3.05) is 6.54 Å². The van der Waals surface area contributed by atoms with Gasteiger partial charge < -0.3 is 9.88 Å². The molecule has 0 bridgehead atoms. The summed E-state index contributed by atoms with van der Waals surface area (Å²) in [4.78, 5) is 16.8. The third kappa shape index (κ3) is 3.89. The van der Waals surface area contributed by atoms with E-state index < -0.39 is 0 Å². The van der Waals surface area contributed by atoms with Gasteiger partial charge in [0.1, 0.15) is 0 Å². The summed E-state index contributed by atoms with van der Waals surface area (Å²) >= 11 is 6.22. The second kappa shape index (κ2) is 8.09. The van der Waals surface area contributed by atoms with Gasteiger partial charge in [0, 0.05) is 18.7 Å². The molecular formula is C22H22ClN5O. The van der Waals surface area contributed by atoms with Crippen molar-refractivity contribution in [3.8, 4) is 5.69 Å². The molecule has 4 aromatic rings. The molecule has 0 radical (unpaired) electrons. The molecule has 1 amide bonds. The van der Waals surface area contributed by atoms with E-state index in [-0.39, 0.29) is 5.91 Å². The molecule has 2 aromatic carbocycles. The molecular weight excluding hydrogens is 386 g/mol. The van der Waals surface area contributed by atoms with Crippen molar-refractivity contribution in [2.45, 2.75) is 26.8 Å². The number of para-hydroxylation sites is 2. The smallest absolute Gasteiger partial charge is 0.251 e. The van der Waals surface area contributed by atoms with Gasteiger partial charge in [-0.3, -0.25) is 4.79 Å². The molecule has 0 saturated heterocycles. The maximum Gasteiger partial charge on any atom is 0.251 e. The predicted octanol–water partition coefficient (Wildman–Crippen LogP) is 4.31. The van der Waals surface area contributed by atoms with Crippen molar-refractivity contribution in [3.63, 3.8) is 0 Å². The summed E-state index contributed by atoms with van der Waals surface area (Å²) in [7, 11) is 0. The number of halogens is 1. The molecule has 0 fully saturated rings. The normalized spacial score (nSPS) is 11.1. The van der Waals surface area contributed by atoms with Gasteiger partial charge in [-0.1, -0.05) is 23.7 Å². The van der Waals surface area contributed by atoms with E-state index in [0.29, 0.717) is 17.1 Å². The van der Waals surface area contributed by atoms with Gasteiger partial charge in [-0.15, -0.1) is 0 Å². The molecule has 148 valence electrons. The number of aromatic nitrogens is 4. The second-order valence-electron chi connectivity index (χ2n) is 6.98. The van der Waals surface area contributed by atoms with Gasteiger partial charge in [-0.25, -0.2) is 9.67 Å². The first-order valence-electron chi connectivity index (χ1n) is 9.55. The zero-order valence-electron chi connectivity index (χ0n) is 16.4. The van der Waals surface area contributed by atoms with Crippen molar-refractivity contribution in [1.29, 1.82) is 0 Å². The molecule has 0 aliphatic heterocycles. The number of hydrogen-bond donors (Lipinski definition) is 1. The molecule has 6 nitrogen and oxygen atoms in total. The van der Waals surface area contributed by atoms with Gasteiger partial charge in [0.25, 0.3) is 5.91 Å². The number of fused-ring (bicyclic) bond motifs is 1. The quantitative estimate of drug-likeness (QED) is 0.484. The monoisotopic (exact) mass is 407 g/mol. The molecule has 0 unspecified atom stereocenters. The Hall–Kier alpha value is -3.12. The Bertz CT molecular complexity index is 1160. The summed E-state index contributed by atoms with van der Waals surface area (Å²) in [5.74, 6) is -0.0848. The van der Waals surface area contributed by atoms with Gasteiger partial charge in [0.05, 0.1) is 39.5 Å². The van der Waals surface area contributed by atoms with E-state index in [9.17, 15) is 4.79 Å². The van der Waals surface area contributed by atoms with Crippen LogP contribution in [0.25, 0.3) is 16.7 Å². The van der Waals surface area contributed by atoms with Crippen LogP contribution in [0.5, 0.6) is 0 Å². The average molecular weight is 408 g/mol. The van der Waals surface area contributed by atoms with Crippen LogP contribution in [-0.4, -0.2) is 31.8 Å². The van der Waals surface area contributed by atoms with Crippen LogP contribution in [0.3, 0.4) is 0 Å². The minimum Gasteiger partial charge on any atom is -0.352 e. The Labute approximate surface area is 174 Å². The van der Waals surface area contributed by atoms with E-state index in [0.717, 1.165) is 41.1 Å². The summed E-state index contributed by atoms with van der Waals surface area (Å²) < 4.78 is 3.89. The fourth-order valence-corrected chi connectivity index (χ4v) is 3.49. The largest absolute Gasteiger partial charge is 0.352 e. The van der Waals surface area contributed by atoms with Crippen molar-refractivity contribution < 1.29 is 4.79 Å².